The van der Waals surface area contributed by atoms with E-state index in [0.717, 1.165) is 6.42 Å². The van der Waals surface area contributed by atoms with E-state index in [1.165, 1.54) is 15.7 Å². The zero-order valence-corrected chi connectivity index (χ0v) is 12.7. The van der Waals surface area contributed by atoms with Gasteiger partial charge in [0.15, 0.2) is 0 Å². The summed E-state index contributed by atoms with van der Waals surface area (Å²) in [5.41, 5.74) is 0. The van der Waals surface area contributed by atoms with Crippen molar-refractivity contribution in [2.75, 3.05) is 33.3 Å². The standard InChI is InChI=1S/C12H24N2O5S/c1-13(7-3-2-4-10-15)20(18,19)14-8-5-11(6-9-14)12(16)17/h11,15H,2-10H2,1H3,(H,16,17). The predicted octanol–water partition coefficient (Wildman–Crippen LogP) is 0.122. The van der Waals surface area contributed by atoms with E-state index in [1.54, 1.807) is 0 Å². The fourth-order valence-corrected chi connectivity index (χ4v) is 3.70. The average molecular weight is 308 g/mol. The molecule has 7 nitrogen and oxygen atoms in total. The van der Waals surface area contributed by atoms with Crippen molar-refractivity contribution in [3.8, 4) is 0 Å². The van der Waals surface area contributed by atoms with Gasteiger partial charge in [0.25, 0.3) is 10.2 Å². The molecule has 0 aromatic carbocycles. The van der Waals surface area contributed by atoms with Gasteiger partial charge in [0, 0.05) is 33.3 Å². The summed E-state index contributed by atoms with van der Waals surface area (Å²) < 4.78 is 27.2. The van der Waals surface area contributed by atoms with Gasteiger partial charge < -0.3 is 10.2 Å². The molecule has 1 heterocycles. The molecule has 1 rings (SSSR count). The summed E-state index contributed by atoms with van der Waals surface area (Å²) in [6.07, 6.45) is 2.91. The van der Waals surface area contributed by atoms with Crippen LogP contribution in [0.5, 0.6) is 0 Å². The Morgan fingerprint density at radius 1 is 1.25 bits per heavy atom. The molecule has 20 heavy (non-hydrogen) atoms. The van der Waals surface area contributed by atoms with Crippen LogP contribution in [-0.2, 0) is 15.0 Å². The van der Waals surface area contributed by atoms with Gasteiger partial charge in [-0.15, -0.1) is 0 Å². The highest BCUT2D eigenvalue weighted by atomic mass is 32.2. The number of aliphatic carboxylic acids is 1. The highest BCUT2D eigenvalue weighted by Crippen LogP contribution is 2.21. The first-order chi connectivity index (χ1) is 9.39. The topological polar surface area (TPSA) is 98.2 Å². The van der Waals surface area contributed by atoms with Crippen LogP contribution < -0.4 is 0 Å². The molecule has 0 aliphatic carbocycles. The molecule has 0 atom stereocenters. The maximum Gasteiger partial charge on any atom is 0.306 e. The van der Waals surface area contributed by atoms with Crippen LogP contribution in [0.1, 0.15) is 32.1 Å². The van der Waals surface area contributed by atoms with E-state index in [1.807, 2.05) is 0 Å². The van der Waals surface area contributed by atoms with Crippen LogP contribution in [0.15, 0.2) is 0 Å². The van der Waals surface area contributed by atoms with Crippen LogP contribution in [0.4, 0.5) is 0 Å². The van der Waals surface area contributed by atoms with Crippen LogP contribution >= 0.6 is 0 Å². The fraction of sp³-hybridized carbons (Fsp3) is 0.917. The maximum atomic E-state index is 12.3. The number of aliphatic hydroxyl groups is 1. The molecule has 0 radical (unpaired) electrons. The van der Waals surface area contributed by atoms with Gasteiger partial charge in [0.05, 0.1) is 5.92 Å². The van der Waals surface area contributed by atoms with Gasteiger partial charge in [-0.25, -0.2) is 0 Å². The summed E-state index contributed by atoms with van der Waals surface area (Å²) >= 11 is 0. The van der Waals surface area contributed by atoms with Crippen LogP contribution in [-0.4, -0.2) is 66.5 Å². The molecule has 1 fully saturated rings. The van der Waals surface area contributed by atoms with E-state index in [-0.39, 0.29) is 19.7 Å². The van der Waals surface area contributed by atoms with Crippen molar-refractivity contribution in [1.29, 1.82) is 0 Å². The van der Waals surface area contributed by atoms with Crippen molar-refractivity contribution in [2.45, 2.75) is 32.1 Å². The highest BCUT2D eigenvalue weighted by Gasteiger charge is 2.32. The monoisotopic (exact) mass is 308 g/mol. The summed E-state index contributed by atoms with van der Waals surface area (Å²) in [6.45, 7) is 1.07. The number of hydrogen-bond acceptors (Lipinski definition) is 4. The van der Waals surface area contributed by atoms with E-state index in [0.29, 0.717) is 32.2 Å². The maximum absolute atomic E-state index is 12.3. The molecule has 0 amide bonds. The number of piperidine rings is 1. The van der Waals surface area contributed by atoms with E-state index >= 15 is 0 Å². The molecule has 0 bridgehead atoms. The minimum Gasteiger partial charge on any atom is -0.481 e. The molecule has 0 saturated carbocycles. The lowest BCUT2D eigenvalue weighted by Crippen LogP contribution is -2.46. The van der Waals surface area contributed by atoms with Gasteiger partial charge in [0.2, 0.25) is 0 Å². The number of hydrogen-bond donors (Lipinski definition) is 2. The number of carboxylic acid groups (broad SMARTS) is 1. The Kier molecular flexibility index (Phi) is 6.87. The number of carboxylic acids is 1. The Balaban J connectivity index is 2.46. The summed E-state index contributed by atoms with van der Waals surface area (Å²) in [5.74, 6) is -1.28. The minimum atomic E-state index is -3.49. The van der Waals surface area contributed by atoms with Crippen LogP contribution in [0.2, 0.25) is 0 Å². The Bertz CT molecular complexity index is 404. The van der Waals surface area contributed by atoms with Crippen LogP contribution in [0.3, 0.4) is 0 Å². The number of aliphatic hydroxyl groups excluding tert-OH is 1. The van der Waals surface area contributed by atoms with E-state index < -0.39 is 22.1 Å². The molecule has 1 aliphatic rings. The van der Waals surface area contributed by atoms with E-state index in [4.69, 9.17) is 10.2 Å². The fourth-order valence-electron chi connectivity index (χ4n) is 2.27. The zero-order chi connectivity index (χ0) is 15.2. The molecule has 1 saturated heterocycles. The Labute approximate surface area is 120 Å². The lowest BCUT2D eigenvalue weighted by molar-refractivity contribution is -0.142. The third-order valence-electron chi connectivity index (χ3n) is 3.65. The number of unbranched alkanes of at least 4 members (excludes halogenated alkanes) is 2. The zero-order valence-electron chi connectivity index (χ0n) is 11.9. The number of nitrogens with zero attached hydrogens (tertiary/aromatic N) is 2. The smallest absolute Gasteiger partial charge is 0.306 e. The van der Waals surface area contributed by atoms with Crippen molar-refractivity contribution < 1.29 is 23.4 Å². The molecular weight excluding hydrogens is 284 g/mol. The van der Waals surface area contributed by atoms with Crippen molar-refractivity contribution in [1.82, 2.24) is 8.61 Å². The quantitative estimate of drug-likeness (QED) is 0.621. The SMILES string of the molecule is CN(CCCCCO)S(=O)(=O)N1CCC(C(=O)O)CC1. The average Bonchev–Trinajstić information content (AvgIpc) is 2.43. The first-order valence-corrected chi connectivity index (χ1v) is 8.34. The van der Waals surface area contributed by atoms with Crippen molar-refractivity contribution in [2.24, 2.45) is 5.92 Å². The van der Waals surface area contributed by atoms with Crippen LogP contribution in [0.25, 0.3) is 0 Å². The Hall–Kier alpha value is -0.700. The molecule has 0 aromatic heterocycles. The van der Waals surface area contributed by atoms with Crippen molar-refractivity contribution in [3.05, 3.63) is 0 Å². The summed E-state index contributed by atoms with van der Waals surface area (Å²) in [4.78, 5) is 10.8. The van der Waals surface area contributed by atoms with Gasteiger partial charge in [-0.3, -0.25) is 4.79 Å². The van der Waals surface area contributed by atoms with Gasteiger partial charge in [-0.05, 0) is 32.1 Å². The molecule has 2 N–H and O–H groups in total. The second kappa shape index (κ2) is 7.92. The lowest BCUT2D eigenvalue weighted by Gasteiger charge is -2.32. The number of carbonyl (C=O) groups is 1. The van der Waals surface area contributed by atoms with Crippen molar-refractivity contribution in [3.63, 3.8) is 0 Å². The second-order valence-electron chi connectivity index (χ2n) is 5.13. The first kappa shape index (κ1) is 17.4. The highest BCUT2D eigenvalue weighted by molar-refractivity contribution is 7.86. The van der Waals surface area contributed by atoms with E-state index in [2.05, 4.69) is 0 Å². The summed E-state index contributed by atoms with van der Waals surface area (Å²) in [7, 11) is -1.95. The second-order valence-corrected chi connectivity index (χ2v) is 7.16. The van der Waals surface area contributed by atoms with Gasteiger partial charge >= 0.3 is 5.97 Å². The van der Waals surface area contributed by atoms with Crippen molar-refractivity contribution >= 4 is 16.2 Å². The largest absolute Gasteiger partial charge is 0.481 e. The molecule has 1 aliphatic heterocycles. The first-order valence-electron chi connectivity index (χ1n) is 6.94. The molecule has 0 spiro atoms. The van der Waals surface area contributed by atoms with Gasteiger partial charge in [0.1, 0.15) is 0 Å². The normalized spacial score (nSPS) is 18.6. The Morgan fingerprint density at radius 2 is 1.85 bits per heavy atom. The van der Waals surface area contributed by atoms with Crippen LogP contribution in [0, 0.1) is 5.92 Å². The molecule has 118 valence electrons. The summed E-state index contributed by atoms with van der Waals surface area (Å²) in [5, 5.41) is 17.6. The predicted molar refractivity (Wildman–Crippen MR) is 74.4 cm³/mol. The number of rotatable bonds is 8. The third-order valence-corrected chi connectivity index (χ3v) is 5.64. The summed E-state index contributed by atoms with van der Waals surface area (Å²) in [6, 6.07) is 0. The lowest BCUT2D eigenvalue weighted by atomic mass is 9.99. The molecule has 0 aromatic rings. The van der Waals surface area contributed by atoms with E-state index in [9.17, 15) is 13.2 Å². The van der Waals surface area contributed by atoms with Gasteiger partial charge in [-0.1, -0.05) is 0 Å². The minimum absolute atomic E-state index is 0.124. The third kappa shape index (κ3) is 4.69. The van der Waals surface area contributed by atoms with Gasteiger partial charge in [-0.2, -0.15) is 17.0 Å². The molecule has 8 heteroatoms. The molecule has 0 unspecified atom stereocenters. The Morgan fingerprint density at radius 3 is 2.35 bits per heavy atom. The molecular formula is C12H24N2O5S.